The van der Waals surface area contributed by atoms with Crippen molar-refractivity contribution in [3.63, 3.8) is 0 Å². The molecule has 0 amide bonds. The zero-order valence-corrected chi connectivity index (χ0v) is 13.9. The number of nitrogens with zero attached hydrogens (tertiary/aromatic N) is 1. The van der Waals surface area contributed by atoms with E-state index in [0.717, 1.165) is 12.8 Å². The Kier molecular flexibility index (Phi) is 3.78. The fourth-order valence-corrected chi connectivity index (χ4v) is 3.12. The van der Waals surface area contributed by atoms with E-state index >= 15 is 0 Å². The lowest BCUT2D eigenvalue weighted by Crippen LogP contribution is -2.13. The molecule has 0 bridgehead atoms. The van der Waals surface area contributed by atoms with Gasteiger partial charge in [-0.15, -0.1) is 0 Å². The van der Waals surface area contributed by atoms with Crippen LogP contribution < -0.4 is 0 Å². The summed E-state index contributed by atoms with van der Waals surface area (Å²) in [6, 6.07) is 10.7. The third-order valence-corrected chi connectivity index (χ3v) is 3.82. The largest absolute Gasteiger partial charge is 0.355 e. The van der Waals surface area contributed by atoms with Gasteiger partial charge in [-0.1, -0.05) is 30.4 Å². The van der Waals surface area contributed by atoms with Crippen molar-refractivity contribution in [2.24, 2.45) is 4.99 Å². The van der Waals surface area contributed by atoms with Gasteiger partial charge in [-0.25, -0.2) is 0 Å². The maximum absolute atomic E-state index is 4.78. The van der Waals surface area contributed by atoms with Crippen molar-refractivity contribution >= 4 is 22.2 Å². The van der Waals surface area contributed by atoms with Crippen LogP contribution in [-0.4, -0.2) is 16.2 Å². The molecule has 1 aliphatic carbocycles. The summed E-state index contributed by atoms with van der Waals surface area (Å²) in [5, 5.41) is 1.27. The molecule has 22 heavy (non-hydrogen) atoms. The third kappa shape index (κ3) is 3.22. The van der Waals surface area contributed by atoms with Crippen molar-refractivity contribution in [1.29, 1.82) is 0 Å². The Hall–Kier alpha value is -2.09. The van der Waals surface area contributed by atoms with Crippen LogP contribution in [0.15, 0.2) is 53.0 Å². The van der Waals surface area contributed by atoms with E-state index in [0.29, 0.717) is 0 Å². The number of nitrogens with one attached hydrogen (secondary N) is 1. The molecule has 0 fully saturated rings. The van der Waals surface area contributed by atoms with Crippen LogP contribution in [0.1, 0.15) is 46.2 Å². The molecule has 1 heterocycles. The lowest BCUT2D eigenvalue weighted by molar-refractivity contribution is 0.582. The molecule has 0 aliphatic heterocycles. The lowest BCUT2D eigenvalue weighted by Gasteiger charge is -2.15. The second kappa shape index (κ2) is 5.60. The highest BCUT2D eigenvalue weighted by atomic mass is 14.8. The average molecular weight is 292 g/mol. The summed E-state index contributed by atoms with van der Waals surface area (Å²) in [6.07, 6.45) is 6.58. The number of rotatable bonds is 3. The van der Waals surface area contributed by atoms with Crippen molar-refractivity contribution in [2.75, 3.05) is 0 Å². The SMILES string of the molecule is CC(CC1=CCC=C1c1cc2ccccc2[nH]1)=NC(C)(C)C. The Balaban J connectivity index is 1.85. The van der Waals surface area contributed by atoms with Crippen LogP contribution >= 0.6 is 0 Å². The van der Waals surface area contributed by atoms with Crippen LogP contribution in [0.5, 0.6) is 0 Å². The van der Waals surface area contributed by atoms with Gasteiger partial charge in [0.1, 0.15) is 0 Å². The van der Waals surface area contributed by atoms with Crippen molar-refractivity contribution in [2.45, 2.75) is 46.1 Å². The molecular weight excluding hydrogens is 268 g/mol. The Bertz CT molecular complexity index is 746. The number of fused-ring (bicyclic) bond motifs is 1. The Morgan fingerprint density at radius 1 is 1.18 bits per heavy atom. The van der Waals surface area contributed by atoms with Gasteiger partial charge in [0.05, 0.1) is 5.54 Å². The third-order valence-electron chi connectivity index (χ3n) is 3.82. The summed E-state index contributed by atoms with van der Waals surface area (Å²) in [4.78, 5) is 8.32. The van der Waals surface area contributed by atoms with Crippen LogP contribution in [-0.2, 0) is 0 Å². The summed E-state index contributed by atoms with van der Waals surface area (Å²) in [7, 11) is 0. The van der Waals surface area contributed by atoms with Crippen molar-refractivity contribution < 1.29 is 0 Å². The first kappa shape index (κ1) is 14.8. The second-order valence-corrected chi connectivity index (χ2v) is 7.05. The van der Waals surface area contributed by atoms with E-state index in [-0.39, 0.29) is 5.54 Å². The number of allylic oxidation sites excluding steroid dienone is 4. The summed E-state index contributed by atoms with van der Waals surface area (Å²) < 4.78 is 0. The first-order chi connectivity index (χ1) is 10.4. The van der Waals surface area contributed by atoms with Gasteiger partial charge in [0, 0.05) is 28.7 Å². The quantitative estimate of drug-likeness (QED) is 0.720. The van der Waals surface area contributed by atoms with Gasteiger partial charge >= 0.3 is 0 Å². The van der Waals surface area contributed by atoms with E-state index in [9.17, 15) is 0 Å². The van der Waals surface area contributed by atoms with E-state index in [1.165, 1.54) is 33.5 Å². The van der Waals surface area contributed by atoms with Gasteiger partial charge in [0.2, 0.25) is 0 Å². The molecule has 0 spiro atoms. The Morgan fingerprint density at radius 2 is 1.95 bits per heavy atom. The second-order valence-electron chi connectivity index (χ2n) is 7.05. The molecule has 1 aromatic heterocycles. The average Bonchev–Trinajstić information content (AvgIpc) is 3.01. The number of aromatic amines is 1. The van der Waals surface area contributed by atoms with Crippen LogP contribution in [0.3, 0.4) is 0 Å². The molecule has 2 aromatic rings. The van der Waals surface area contributed by atoms with Crippen molar-refractivity contribution in [3.05, 3.63) is 53.8 Å². The van der Waals surface area contributed by atoms with Crippen molar-refractivity contribution in [3.8, 4) is 0 Å². The van der Waals surface area contributed by atoms with Gasteiger partial charge < -0.3 is 4.98 Å². The first-order valence-electron chi connectivity index (χ1n) is 7.95. The molecule has 0 unspecified atom stereocenters. The molecule has 2 heteroatoms. The van der Waals surface area contributed by atoms with Gasteiger partial charge in [0.15, 0.2) is 0 Å². The van der Waals surface area contributed by atoms with E-state index in [4.69, 9.17) is 4.99 Å². The minimum Gasteiger partial charge on any atom is -0.355 e. The van der Waals surface area contributed by atoms with Crippen LogP contribution in [0, 0.1) is 0 Å². The minimum absolute atomic E-state index is 0.00572. The molecule has 1 aliphatic rings. The molecule has 1 aromatic carbocycles. The molecule has 0 radical (unpaired) electrons. The molecule has 1 N–H and O–H groups in total. The normalized spacial score (nSPS) is 16.1. The molecule has 0 saturated heterocycles. The van der Waals surface area contributed by atoms with Gasteiger partial charge in [-0.05, 0) is 57.4 Å². The van der Waals surface area contributed by atoms with Crippen molar-refractivity contribution in [1.82, 2.24) is 4.98 Å². The van der Waals surface area contributed by atoms with E-state index < -0.39 is 0 Å². The summed E-state index contributed by atoms with van der Waals surface area (Å²) in [5.41, 5.74) is 6.33. The van der Waals surface area contributed by atoms with Crippen LogP contribution in [0.25, 0.3) is 16.5 Å². The number of hydrogen-bond donors (Lipinski definition) is 1. The fourth-order valence-electron chi connectivity index (χ4n) is 3.12. The molecule has 3 rings (SSSR count). The first-order valence-corrected chi connectivity index (χ1v) is 7.95. The monoisotopic (exact) mass is 292 g/mol. The smallest absolute Gasteiger partial charge is 0.0523 e. The van der Waals surface area contributed by atoms with Gasteiger partial charge in [-0.2, -0.15) is 0 Å². The molecular formula is C20H24N2. The Labute approximate surface area is 132 Å². The summed E-state index contributed by atoms with van der Waals surface area (Å²) in [6.45, 7) is 8.57. The van der Waals surface area contributed by atoms with Crippen LogP contribution in [0.2, 0.25) is 0 Å². The topological polar surface area (TPSA) is 28.1 Å². The number of para-hydroxylation sites is 1. The number of aromatic nitrogens is 1. The fraction of sp³-hybridized carbons (Fsp3) is 0.350. The van der Waals surface area contributed by atoms with E-state index in [2.05, 4.69) is 75.2 Å². The maximum Gasteiger partial charge on any atom is 0.0523 e. The highest BCUT2D eigenvalue weighted by Gasteiger charge is 2.16. The highest BCUT2D eigenvalue weighted by molar-refractivity contribution is 5.94. The zero-order valence-electron chi connectivity index (χ0n) is 13.9. The zero-order chi connectivity index (χ0) is 15.7. The lowest BCUT2D eigenvalue weighted by atomic mass is 10.0. The predicted molar refractivity (Wildman–Crippen MR) is 96.5 cm³/mol. The standard InChI is InChI=1S/C20H24N2/c1-14(22-20(2,3)4)12-15-9-7-10-17(15)19-13-16-8-5-6-11-18(16)21-19/h5-6,8-11,13,21H,7,12H2,1-4H3. The highest BCUT2D eigenvalue weighted by Crippen LogP contribution is 2.33. The molecule has 2 nitrogen and oxygen atoms in total. The number of benzene rings is 1. The summed E-state index contributed by atoms with van der Waals surface area (Å²) >= 11 is 0. The predicted octanol–water partition coefficient (Wildman–Crippen LogP) is 5.53. The minimum atomic E-state index is -0.00572. The van der Waals surface area contributed by atoms with Gasteiger partial charge in [0.25, 0.3) is 0 Å². The molecule has 0 saturated carbocycles. The van der Waals surface area contributed by atoms with Crippen LogP contribution in [0.4, 0.5) is 0 Å². The maximum atomic E-state index is 4.78. The Morgan fingerprint density at radius 3 is 2.68 bits per heavy atom. The van der Waals surface area contributed by atoms with E-state index in [1.54, 1.807) is 0 Å². The number of H-pyrrole nitrogens is 1. The van der Waals surface area contributed by atoms with E-state index in [1.807, 2.05) is 0 Å². The number of hydrogen-bond acceptors (Lipinski definition) is 1. The molecule has 114 valence electrons. The number of aliphatic imine (C=N–C) groups is 1. The summed E-state index contributed by atoms with van der Waals surface area (Å²) in [5.74, 6) is 0. The molecule has 0 atom stereocenters. The van der Waals surface area contributed by atoms with Gasteiger partial charge in [-0.3, -0.25) is 4.99 Å².